The lowest BCUT2D eigenvalue weighted by Crippen LogP contribution is -2.41. The van der Waals surface area contributed by atoms with Crippen molar-refractivity contribution in [2.45, 2.75) is 58.8 Å². The minimum Gasteiger partial charge on any atom is -0.374 e. The number of hydrogen-bond donors (Lipinski definition) is 0. The van der Waals surface area contributed by atoms with Crippen molar-refractivity contribution >= 4 is 8.07 Å². The lowest BCUT2D eigenvalue weighted by atomic mass is 9.85. The highest BCUT2D eigenvalue weighted by molar-refractivity contribution is 6.83. The van der Waals surface area contributed by atoms with Crippen LogP contribution in [0, 0.1) is 5.92 Å². The fraction of sp³-hybridized carbons (Fsp3) is 0.647. The summed E-state index contributed by atoms with van der Waals surface area (Å²) in [4.78, 5) is 2.49. The quantitative estimate of drug-likeness (QED) is 0.657. The zero-order valence-electron chi connectivity index (χ0n) is 13.5. The van der Waals surface area contributed by atoms with E-state index in [2.05, 4.69) is 63.8 Å². The van der Waals surface area contributed by atoms with Crippen LogP contribution in [-0.2, 0) is 0 Å². The van der Waals surface area contributed by atoms with Crippen molar-refractivity contribution < 1.29 is 0 Å². The molecule has 2 atom stereocenters. The highest BCUT2D eigenvalue weighted by Crippen LogP contribution is 2.37. The number of rotatable bonds is 2. The molecular formula is C17H29NSi. The molecule has 2 aliphatic rings. The van der Waals surface area contributed by atoms with Gasteiger partial charge in [-0.05, 0) is 43.9 Å². The van der Waals surface area contributed by atoms with Crippen LogP contribution in [0.15, 0.2) is 34.7 Å². The summed E-state index contributed by atoms with van der Waals surface area (Å²) in [5.74, 6) is 0.749. The Kier molecular flexibility index (Phi) is 4.10. The second-order valence-corrected chi connectivity index (χ2v) is 12.4. The summed E-state index contributed by atoms with van der Waals surface area (Å²) in [5.41, 5.74) is 3.17. The Morgan fingerprint density at radius 3 is 2.53 bits per heavy atom. The number of likely N-dealkylation sites (N-methyl/N-ethyl adjacent to an activating group) is 1. The van der Waals surface area contributed by atoms with E-state index in [0.29, 0.717) is 6.04 Å². The van der Waals surface area contributed by atoms with Crippen molar-refractivity contribution in [3.05, 3.63) is 34.7 Å². The van der Waals surface area contributed by atoms with Crippen LogP contribution < -0.4 is 0 Å². The van der Waals surface area contributed by atoms with Crippen LogP contribution in [-0.4, -0.2) is 26.1 Å². The second-order valence-electron chi connectivity index (χ2n) is 7.30. The summed E-state index contributed by atoms with van der Waals surface area (Å²) >= 11 is 0. The van der Waals surface area contributed by atoms with Gasteiger partial charge in [0, 0.05) is 7.05 Å². The highest BCUT2D eigenvalue weighted by Gasteiger charge is 2.33. The van der Waals surface area contributed by atoms with Crippen LogP contribution >= 0.6 is 0 Å². The van der Waals surface area contributed by atoms with Crippen LogP contribution in [0.1, 0.15) is 33.1 Å². The van der Waals surface area contributed by atoms with E-state index in [0.717, 1.165) is 5.92 Å². The van der Waals surface area contributed by atoms with Crippen molar-refractivity contribution in [2.75, 3.05) is 7.05 Å². The molecule has 1 aliphatic carbocycles. The van der Waals surface area contributed by atoms with Crippen molar-refractivity contribution in [1.82, 2.24) is 4.90 Å². The monoisotopic (exact) mass is 275 g/mol. The van der Waals surface area contributed by atoms with Crippen LogP contribution in [0.5, 0.6) is 0 Å². The topological polar surface area (TPSA) is 3.24 Å². The molecule has 0 amide bonds. The summed E-state index contributed by atoms with van der Waals surface area (Å²) in [5, 5.41) is 1.73. The first-order valence-corrected chi connectivity index (χ1v) is 11.1. The molecule has 2 rings (SSSR count). The summed E-state index contributed by atoms with van der Waals surface area (Å²) in [7, 11) is 1.11. The average Bonchev–Trinajstić information content (AvgIpc) is 2.31. The smallest absolute Gasteiger partial charge is 0.0746 e. The Morgan fingerprint density at radius 1 is 1.26 bits per heavy atom. The summed E-state index contributed by atoms with van der Waals surface area (Å²) in [6, 6.07) is 0.625. The van der Waals surface area contributed by atoms with Gasteiger partial charge in [-0.1, -0.05) is 49.5 Å². The third kappa shape index (κ3) is 3.05. The van der Waals surface area contributed by atoms with Gasteiger partial charge < -0.3 is 4.90 Å². The third-order valence-electron chi connectivity index (χ3n) is 4.67. The van der Waals surface area contributed by atoms with E-state index >= 15 is 0 Å². The largest absolute Gasteiger partial charge is 0.374 e. The molecule has 0 N–H and O–H groups in total. The Hall–Kier alpha value is -0.763. The highest BCUT2D eigenvalue weighted by atomic mass is 28.3. The van der Waals surface area contributed by atoms with Gasteiger partial charge in [0.15, 0.2) is 0 Å². The van der Waals surface area contributed by atoms with Crippen molar-refractivity contribution in [3.63, 3.8) is 0 Å². The summed E-state index contributed by atoms with van der Waals surface area (Å²) in [6.07, 6.45) is 10.9. The van der Waals surface area contributed by atoms with Crippen LogP contribution in [0.3, 0.4) is 0 Å². The van der Waals surface area contributed by atoms with Crippen LogP contribution in [0.25, 0.3) is 0 Å². The van der Waals surface area contributed by atoms with Gasteiger partial charge in [0.1, 0.15) is 0 Å². The van der Waals surface area contributed by atoms with E-state index in [4.69, 9.17) is 0 Å². The standard InChI is InChI=1S/C17H29NSi/c1-13-9-7-8-10-15(13)16-11-14(2)17(12-18(16)3)19(4,5)6/h7,9,12,14,16H,8,10-11H2,1-6H3. The van der Waals surface area contributed by atoms with E-state index in [-0.39, 0.29) is 0 Å². The van der Waals surface area contributed by atoms with Crippen LogP contribution in [0.2, 0.25) is 19.6 Å². The molecule has 0 aromatic carbocycles. The maximum atomic E-state index is 2.49. The minimum absolute atomic E-state index is 0.625. The third-order valence-corrected chi connectivity index (χ3v) is 7.02. The van der Waals surface area contributed by atoms with E-state index in [1.54, 1.807) is 10.8 Å². The number of nitrogens with zero attached hydrogens (tertiary/aromatic N) is 1. The summed E-state index contributed by atoms with van der Waals surface area (Å²) < 4.78 is 0. The Labute approximate surface area is 120 Å². The number of hydrogen-bond acceptors (Lipinski definition) is 1. The molecule has 0 saturated heterocycles. The molecule has 0 radical (unpaired) electrons. The predicted octanol–water partition coefficient (Wildman–Crippen LogP) is 4.75. The van der Waals surface area contributed by atoms with Gasteiger partial charge in [-0.3, -0.25) is 0 Å². The maximum Gasteiger partial charge on any atom is 0.0746 e. The van der Waals surface area contributed by atoms with Gasteiger partial charge in [0.2, 0.25) is 0 Å². The van der Waals surface area contributed by atoms with Crippen LogP contribution in [0.4, 0.5) is 0 Å². The molecule has 1 aliphatic heterocycles. The Balaban J connectivity index is 2.29. The zero-order chi connectivity index (χ0) is 14.2. The SMILES string of the molecule is CC1=C(C2CC(C)C([Si](C)(C)C)=CN2C)CCC=C1. The Bertz CT molecular complexity index is 437. The van der Waals surface area contributed by atoms with E-state index < -0.39 is 8.07 Å². The molecular weight excluding hydrogens is 246 g/mol. The molecule has 19 heavy (non-hydrogen) atoms. The first-order chi connectivity index (χ1) is 8.80. The van der Waals surface area contributed by atoms with Crippen molar-refractivity contribution in [3.8, 4) is 0 Å². The second kappa shape index (κ2) is 5.32. The lowest BCUT2D eigenvalue weighted by molar-refractivity contribution is 0.293. The van der Waals surface area contributed by atoms with Gasteiger partial charge in [-0.2, -0.15) is 0 Å². The molecule has 0 aromatic rings. The van der Waals surface area contributed by atoms with Gasteiger partial charge in [0.25, 0.3) is 0 Å². The molecule has 2 unspecified atom stereocenters. The van der Waals surface area contributed by atoms with Gasteiger partial charge >= 0.3 is 0 Å². The van der Waals surface area contributed by atoms with Crippen molar-refractivity contribution in [2.24, 2.45) is 5.92 Å². The lowest BCUT2D eigenvalue weighted by Gasteiger charge is -2.42. The van der Waals surface area contributed by atoms with Gasteiger partial charge in [-0.25, -0.2) is 0 Å². The predicted molar refractivity (Wildman–Crippen MR) is 87.8 cm³/mol. The summed E-state index contributed by atoms with van der Waals surface area (Å²) in [6.45, 7) is 12.1. The first kappa shape index (κ1) is 14.6. The van der Waals surface area contributed by atoms with Gasteiger partial charge in [0.05, 0.1) is 14.1 Å². The molecule has 0 fully saturated rings. The maximum absolute atomic E-state index is 2.49. The minimum atomic E-state index is -1.17. The van der Waals surface area contributed by atoms with Crippen molar-refractivity contribution in [1.29, 1.82) is 0 Å². The molecule has 0 saturated carbocycles. The average molecular weight is 276 g/mol. The molecule has 0 aromatic heterocycles. The first-order valence-electron chi connectivity index (χ1n) is 7.61. The molecule has 2 heteroatoms. The van der Waals surface area contributed by atoms with E-state index in [1.807, 2.05) is 0 Å². The Morgan fingerprint density at radius 2 is 1.95 bits per heavy atom. The molecule has 106 valence electrons. The number of allylic oxidation sites excluding steroid dienone is 4. The molecule has 1 nitrogen and oxygen atoms in total. The molecule has 1 heterocycles. The fourth-order valence-corrected chi connectivity index (χ4v) is 5.81. The van der Waals surface area contributed by atoms with Gasteiger partial charge in [-0.15, -0.1) is 0 Å². The zero-order valence-corrected chi connectivity index (χ0v) is 14.5. The molecule has 0 spiro atoms. The van der Waals surface area contributed by atoms with E-state index in [1.165, 1.54) is 24.8 Å². The normalized spacial score (nSPS) is 28.7. The fourth-order valence-electron chi connectivity index (χ4n) is 3.62. The van der Waals surface area contributed by atoms with E-state index in [9.17, 15) is 0 Å². The molecule has 0 bridgehead atoms.